The first-order valence-corrected chi connectivity index (χ1v) is 8.69. The van der Waals surface area contributed by atoms with Crippen molar-refractivity contribution in [3.05, 3.63) is 53.9 Å². The van der Waals surface area contributed by atoms with Gasteiger partial charge in [-0.15, -0.1) is 0 Å². The highest BCUT2D eigenvalue weighted by Gasteiger charge is 2.08. The number of H-pyrrole nitrogens is 1. The summed E-state index contributed by atoms with van der Waals surface area (Å²) in [6.45, 7) is 2.95. The number of nitrogens with zero attached hydrogens (tertiary/aromatic N) is 1. The molecule has 0 aliphatic heterocycles. The SMILES string of the molecule is CCOc1ccc(CNC(=O)CCc2nc3ccccc3[nH]2)cc1OC. The van der Waals surface area contributed by atoms with Gasteiger partial charge in [-0.2, -0.15) is 0 Å². The van der Waals surface area contributed by atoms with Gasteiger partial charge in [-0.1, -0.05) is 18.2 Å². The number of para-hydroxylation sites is 2. The van der Waals surface area contributed by atoms with E-state index in [1.807, 2.05) is 49.4 Å². The van der Waals surface area contributed by atoms with Gasteiger partial charge in [-0.05, 0) is 36.8 Å². The second kappa shape index (κ2) is 8.38. The number of amides is 1. The maximum atomic E-state index is 12.1. The molecule has 0 unspecified atom stereocenters. The maximum Gasteiger partial charge on any atom is 0.220 e. The molecule has 0 atom stereocenters. The highest BCUT2D eigenvalue weighted by molar-refractivity contribution is 5.77. The van der Waals surface area contributed by atoms with Crippen molar-refractivity contribution in [2.24, 2.45) is 0 Å². The van der Waals surface area contributed by atoms with Gasteiger partial charge in [0.05, 0.1) is 24.8 Å². The number of benzene rings is 2. The third kappa shape index (κ3) is 4.33. The van der Waals surface area contributed by atoms with E-state index >= 15 is 0 Å². The minimum absolute atomic E-state index is 0.0155. The number of fused-ring (bicyclic) bond motifs is 1. The molecule has 1 amide bonds. The number of carbonyl (C=O) groups is 1. The third-order valence-corrected chi connectivity index (χ3v) is 4.04. The summed E-state index contributed by atoms with van der Waals surface area (Å²) in [5.41, 5.74) is 2.87. The van der Waals surface area contributed by atoms with Gasteiger partial charge in [-0.25, -0.2) is 4.98 Å². The van der Waals surface area contributed by atoms with Crippen LogP contribution in [0.2, 0.25) is 0 Å². The molecule has 26 heavy (non-hydrogen) atoms. The molecule has 2 aromatic carbocycles. The number of carbonyl (C=O) groups excluding carboxylic acids is 1. The number of methoxy groups -OCH3 is 1. The highest BCUT2D eigenvalue weighted by Crippen LogP contribution is 2.27. The van der Waals surface area contributed by atoms with Crippen LogP contribution in [0.5, 0.6) is 11.5 Å². The van der Waals surface area contributed by atoms with Crippen molar-refractivity contribution in [2.75, 3.05) is 13.7 Å². The Bertz CT molecular complexity index is 856. The van der Waals surface area contributed by atoms with Crippen LogP contribution in [0.25, 0.3) is 11.0 Å². The van der Waals surface area contributed by atoms with Gasteiger partial charge in [0.25, 0.3) is 0 Å². The normalized spacial score (nSPS) is 10.7. The summed E-state index contributed by atoms with van der Waals surface area (Å²) >= 11 is 0. The van der Waals surface area contributed by atoms with Gasteiger partial charge < -0.3 is 19.8 Å². The van der Waals surface area contributed by atoms with Crippen LogP contribution >= 0.6 is 0 Å². The minimum atomic E-state index is -0.0155. The molecule has 6 heteroatoms. The number of rotatable bonds is 8. The first-order valence-electron chi connectivity index (χ1n) is 8.69. The number of hydrogen-bond donors (Lipinski definition) is 2. The number of ether oxygens (including phenoxy) is 2. The Kier molecular flexibility index (Phi) is 5.73. The molecule has 1 aromatic heterocycles. The van der Waals surface area contributed by atoms with E-state index in [0.29, 0.717) is 37.5 Å². The maximum absolute atomic E-state index is 12.1. The second-order valence-corrected chi connectivity index (χ2v) is 5.90. The fourth-order valence-electron chi connectivity index (χ4n) is 2.74. The first kappa shape index (κ1) is 17.8. The van der Waals surface area contributed by atoms with E-state index in [9.17, 15) is 4.79 Å². The molecular weight excluding hydrogens is 330 g/mol. The van der Waals surface area contributed by atoms with Crippen molar-refractivity contribution in [3.8, 4) is 11.5 Å². The fraction of sp³-hybridized carbons (Fsp3) is 0.300. The Morgan fingerprint density at radius 3 is 2.81 bits per heavy atom. The summed E-state index contributed by atoms with van der Waals surface area (Å²) in [6.07, 6.45) is 0.959. The zero-order valence-electron chi connectivity index (χ0n) is 15.0. The van der Waals surface area contributed by atoms with Crippen LogP contribution < -0.4 is 14.8 Å². The Balaban J connectivity index is 1.52. The molecule has 3 rings (SSSR count). The van der Waals surface area contributed by atoms with Crippen LogP contribution in [-0.4, -0.2) is 29.6 Å². The molecule has 0 aliphatic carbocycles. The van der Waals surface area contributed by atoms with Crippen LogP contribution in [0.1, 0.15) is 24.7 Å². The lowest BCUT2D eigenvalue weighted by Gasteiger charge is -2.11. The summed E-state index contributed by atoms with van der Waals surface area (Å²) < 4.78 is 10.8. The monoisotopic (exact) mass is 353 g/mol. The van der Waals surface area contributed by atoms with Crippen LogP contribution in [0.3, 0.4) is 0 Å². The van der Waals surface area contributed by atoms with Crippen molar-refractivity contribution in [1.82, 2.24) is 15.3 Å². The zero-order valence-corrected chi connectivity index (χ0v) is 15.0. The van der Waals surface area contributed by atoms with Crippen LogP contribution in [0.15, 0.2) is 42.5 Å². The Morgan fingerprint density at radius 2 is 2.04 bits per heavy atom. The molecule has 0 saturated heterocycles. The number of nitrogens with one attached hydrogen (secondary N) is 2. The quantitative estimate of drug-likeness (QED) is 0.652. The Hall–Kier alpha value is -3.02. The zero-order chi connectivity index (χ0) is 18.4. The van der Waals surface area contributed by atoms with Gasteiger partial charge in [0.15, 0.2) is 11.5 Å². The fourth-order valence-corrected chi connectivity index (χ4v) is 2.74. The van der Waals surface area contributed by atoms with Crippen LogP contribution in [-0.2, 0) is 17.8 Å². The number of imidazole rings is 1. The molecule has 0 saturated carbocycles. The molecule has 0 fully saturated rings. The van der Waals surface area contributed by atoms with Gasteiger partial charge >= 0.3 is 0 Å². The van der Waals surface area contributed by atoms with E-state index in [1.54, 1.807) is 7.11 Å². The molecule has 0 aliphatic rings. The average Bonchev–Trinajstić information content (AvgIpc) is 3.08. The minimum Gasteiger partial charge on any atom is -0.493 e. The van der Waals surface area contributed by atoms with Crippen molar-refractivity contribution in [3.63, 3.8) is 0 Å². The predicted octanol–water partition coefficient (Wildman–Crippen LogP) is 3.22. The molecule has 1 heterocycles. The average molecular weight is 353 g/mol. The molecule has 136 valence electrons. The van der Waals surface area contributed by atoms with Crippen LogP contribution in [0, 0.1) is 0 Å². The van der Waals surface area contributed by atoms with Crippen molar-refractivity contribution < 1.29 is 14.3 Å². The summed E-state index contributed by atoms with van der Waals surface area (Å²) in [5, 5.41) is 2.93. The number of aryl methyl sites for hydroxylation is 1. The van der Waals surface area contributed by atoms with E-state index in [2.05, 4.69) is 15.3 Å². The summed E-state index contributed by atoms with van der Waals surface area (Å²) in [5.74, 6) is 2.18. The first-order chi connectivity index (χ1) is 12.7. The molecule has 2 N–H and O–H groups in total. The summed E-state index contributed by atoms with van der Waals surface area (Å²) in [6, 6.07) is 13.5. The largest absolute Gasteiger partial charge is 0.493 e. The lowest BCUT2D eigenvalue weighted by molar-refractivity contribution is -0.121. The Morgan fingerprint density at radius 1 is 1.19 bits per heavy atom. The lowest BCUT2D eigenvalue weighted by Crippen LogP contribution is -2.23. The van der Waals surface area contributed by atoms with E-state index in [1.165, 1.54) is 0 Å². The Labute approximate surface area is 152 Å². The van der Waals surface area contributed by atoms with Crippen molar-refractivity contribution in [2.45, 2.75) is 26.3 Å². The molecule has 0 bridgehead atoms. The van der Waals surface area contributed by atoms with E-state index < -0.39 is 0 Å². The number of hydrogen-bond acceptors (Lipinski definition) is 4. The van der Waals surface area contributed by atoms with E-state index in [0.717, 1.165) is 22.4 Å². The standard InChI is InChI=1S/C20H23N3O3/c1-3-26-17-9-8-14(12-18(17)25-2)13-21-20(24)11-10-19-22-15-6-4-5-7-16(15)23-19/h4-9,12H,3,10-11,13H2,1-2H3,(H,21,24)(H,22,23). The molecular formula is C20H23N3O3. The second-order valence-electron chi connectivity index (χ2n) is 5.90. The van der Waals surface area contributed by atoms with Crippen molar-refractivity contribution >= 4 is 16.9 Å². The van der Waals surface area contributed by atoms with Crippen LogP contribution in [0.4, 0.5) is 0 Å². The smallest absolute Gasteiger partial charge is 0.220 e. The van der Waals surface area contributed by atoms with E-state index in [4.69, 9.17) is 9.47 Å². The van der Waals surface area contributed by atoms with Gasteiger partial charge in [0, 0.05) is 19.4 Å². The van der Waals surface area contributed by atoms with Gasteiger partial charge in [0.2, 0.25) is 5.91 Å². The number of aromatic nitrogens is 2. The summed E-state index contributed by atoms with van der Waals surface area (Å²) in [7, 11) is 1.60. The third-order valence-electron chi connectivity index (χ3n) is 4.04. The topological polar surface area (TPSA) is 76.2 Å². The predicted molar refractivity (Wildman–Crippen MR) is 100 cm³/mol. The molecule has 0 radical (unpaired) electrons. The summed E-state index contributed by atoms with van der Waals surface area (Å²) in [4.78, 5) is 19.8. The molecule has 6 nitrogen and oxygen atoms in total. The molecule has 0 spiro atoms. The van der Waals surface area contributed by atoms with E-state index in [-0.39, 0.29) is 5.91 Å². The van der Waals surface area contributed by atoms with Gasteiger partial charge in [0.1, 0.15) is 5.82 Å². The van der Waals surface area contributed by atoms with Gasteiger partial charge in [-0.3, -0.25) is 4.79 Å². The molecule has 3 aromatic rings. The number of aromatic amines is 1. The highest BCUT2D eigenvalue weighted by atomic mass is 16.5. The van der Waals surface area contributed by atoms with Crippen molar-refractivity contribution in [1.29, 1.82) is 0 Å². The lowest BCUT2D eigenvalue weighted by atomic mass is 10.2.